The van der Waals surface area contributed by atoms with Crippen LogP contribution in [-0.2, 0) is 0 Å². The summed E-state index contributed by atoms with van der Waals surface area (Å²) in [4.78, 5) is 1.84. The average Bonchev–Trinajstić information content (AvgIpc) is 2.30. The Balaban J connectivity index is 2.40. The van der Waals surface area contributed by atoms with Crippen molar-refractivity contribution in [3.8, 4) is 0 Å². The lowest BCUT2D eigenvalue weighted by Gasteiger charge is -2.10. The van der Waals surface area contributed by atoms with E-state index in [0.717, 1.165) is 15.4 Å². The second-order valence-corrected chi connectivity index (χ2v) is 6.11. The molecule has 0 heterocycles. The highest BCUT2D eigenvalue weighted by molar-refractivity contribution is 9.10. The molecule has 0 bridgehead atoms. The smallest absolute Gasteiger partial charge is 0.138 e. The molecule has 0 aromatic heterocycles. The average molecular weight is 326 g/mol. The zero-order valence-electron chi connectivity index (χ0n) is 10.1. The molecule has 2 rings (SSSR count). The summed E-state index contributed by atoms with van der Waals surface area (Å²) in [7, 11) is 0. The van der Waals surface area contributed by atoms with Gasteiger partial charge in [0.25, 0.3) is 0 Å². The number of rotatable bonds is 2. The third-order valence-corrected chi connectivity index (χ3v) is 4.46. The highest BCUT2D eigenvalue weighted by atomic mass is 79.9. The van der Waals surface area contributed by atoms with Crippen LogP contribution in [0.3, 0.4) is 0 Å². The largest absolute Gasteiger partial charge is 0.398 e. The van der Waals surface area contributed by atoms with Gasteiger partial charge in [0.05, 0.1) is 4.47 Å². The van der Waals surface area contributed by atoms with Gasteiger partial charge < -0.3 is 5.73 Å². The fourth-order valence-corrected chi connectivity index (χ4v) is 2.98. The molecular formula is C14H13BrFNS. The predicted octanol–water partition coefficient (Wildman–Crippen LogP) is 4.94. The topological polar surface area (TPSA) is 26.0 Å². The first-order valence-corrected chi connectivity index (χ1v) is 7.08. The summed E-state index contributed by atoms with van der Waals surface area (Å²) >= 11 is 4.62. The molecule has 2 N–H and O–H groups in total. The molecule has 0 atom stereocenters. The second kappa shape index (κ2) is 5.33. The summed E-state index contributed by atoms with van der Waals surface area (Å²) in [6, 6.07) is 9.27. The molecule has 0 radical (unpaired) electrons. The van der Waals surface area contributed by atoms with Crippen LogP contribution in [0.5, 0.6) is 0 Å². The van der Waals surface area contributed by atoms with Gasteiger partial charge in [-0.25, -0.2) is 4.39 Å². The fraction of sp³-hybridized carbons (Fsp3) is 0.143. The van der Waals surface area contributed by atoms with Crippen molar-refractivity contribution in [2.75, 3.05) is 5.73 Å². The fourth-order valence-electron chi connectivity index (χ4n) is 1.57. The minimum atomic E-state index is -0.294. The Kier molecular flexibility index (Phi) is 3.97. The molecule has 0 amide bonds. The van der Waals surface area contributed by atoms with E-state index in [2.05, 4.69) is 34.1 Å². The van der Waals surface area contributed by atoms with Crippen LogP contribution < -0.4 is 5.73 Å². The summed E-state index contributed by atoms with van der Waals surface area (Å²) in [5, 5.41) is 0. The maximum atomic E-state index is 13.5. The normalized spacial score (nSPS) is 10.7. The van der Waals surface area contributed by atoms with Crippen LogP contribution in [0.1, 0.15) is 11.1 Å². The van der Waals surface area contributed by atoms with Gasteiger partial charge in [0, 0.05) is 15.5 Å². The number of halogens is 2. The van der Waals surface area contributed by atoms with E-state index in [1.165, 1.54) is 23.4 Å². The van der Waals surface area contributed by atoms with Gasteiger partial charge in [-0.15, -0.1) is 0 Å². The molecule has 0 spiro atoms. The van der Waals surface area contributed by atoms with Gasteiger partial charge in [0.2, 0.25) is 0 Å². The van der Waals surface area contributed by atoms with Crippen molar-refractivity contribution in [2.24, 2.45) is 0 Å². The summed E-state index contributed by atoms with van der Waals surface area (Å²) in [5.74, 6) is -0.294. The number of anilines is 1. The van der Waals surface area contributed by atoms with Crippen molar-refractivity contribution in [2.45, 2.75) is 23.6 Å². The van der Waals surface area contributed by atoms with Crippen molar-refractivity contribution >= 4 is 33.4 Å². The highest BCUT2D eigenvalue weighted by Gasteiger charge is 2.09. The molecular weight excluding hydrogens is 313 g/mol. The molecule has 2 aromatic carbocycles. The van der Waals surface area contributed by atoms with E-state index in [1.54, 1.807) is 6.07 Å². The monoisotopic (exact) mass is 325 g/mol. The number of hydrogen-bond acceptors (Lipinski definition) is 2. The third-order valence-electron chi connectivity index (χ3n) is 2.62. The van der Waals surface area contributed by atoms with E-state index in [0.29, 0.717) is 10.2 Å². The van der Waals surface area contributed by atoms with E-state index in [4.69, 9.17) is 5.73 Å². The van der Waals surface area contributed by atoms with Crippen LogP contribution >= 0.6 is 27.7 Å². The lowest BCUT2D eigenvalue weighted by Crippen LogP contribution is -1.92. The summed E-state index contributed by atoms with van der Waals surface area (Å²) in [6.45, 7) is 4.07. The molecule has 1 nitrogen and oxygen atoms in total. The van der Waals surface area contributed by atoms with E-state index >= 15 is 0 Å². The molecule has 0 unspecified atom stereocenters. The second-order valence-electron chi connectivity index (χ2n) is 4.18. The number of hydrogen-bond donors (Lipinski definition) is 1. The van der Waals surface area contributed by atoms with Gasteiger partial charge in [-0.1, -0.05) is 23.9 Å². The first kappa shape index (κ1) is 13.4. The van der Waals surface area contributed by atoms with Crippen molar-refractivity contribution in [3.63, 3.8) is 0 Å². The van der Waals surface area contributed by atoms with Crippen molar-refractivity contribution in [3.05, 3.63) is 51.7 Å². The Morgan fingerprint density at radius 1 is 1.11 bits per heavy atom. The van der Waals surface area contributed by atoms with Crippen LogP contribution in [0.25, 0.3) is 0 Å². The summed E-state index contributed by atoms with van der Waals surface area (Å²) < 4.78 is 13.9. The quantitative estimate of drug-likeness (QED) is 0.791. The first-order chi connectivity index (χ1) is 8.47. The van der Waals surface area contributed by atoms with Gasteiger partial charge in [-0.05, 0) is 59.1 Å². The Morgan fingerprint density at radius 3 is 2.56 bits per heavy atom. The number of nitrogens with two attached hydrogens (primary N) is 1. The van der Waals surface area contributed by atoms with Crippen molar-refractivity contribution < 1.29 is 4.39 Å². The number of nitrogen functional groups attached to an aromatic ring is 1. The Bertz CT molecular complexity index is 599. The number of aryl methyl sites for hydroxylation is 2. The number of benzene rings is 2. The lowest BCUT2D eigenvalue weighted by atomic mass is 10.2. The Hall–Kier alpha value is -1.00. The maximum Gasteiger partial charge on any atom is 0.138 e. The Labute approximate surface area is 119 Å². The van der Waals surface area contributed by atoms with E-state index in [1.807, 2.05) is 13.8 Å². The molecule has 0 fully saturated rings. The lowest BCUT2D eigenvalue weighted by molar-refractivity contribution is 0.618. The molecule has 0 saturated carbocycles. The SMILES string of the molecule is Cc1ccc(C)c(Sc2cc(F)c(Br)cc2N)c1. The van der Waals surface area contributed by atoms with Gasteiger partial charge >= 0.3 is 0 Å². The summed E-state index contributed by atoms with van der Waals surface area (Å²) in [5.41, 5.74) is 8.83. The third kappa shape index (κ3) is 2.87. The molecule has 94 valence electrons. The Morgan fingerprint density at radius 2 is 1.83 bits per heavy atom. The van der Waals surface area contributed by atoms with E-state index < -0.39 is 0 Å². The van der Waals surface area contributed by atoms with Crippen molar-refractivity contribution in [1.82, 2.24) is 0 Å². The maximum absolute atomic E-state index is 13.5. The molecule has 18 heavy (non-hydrogen) atoms. The minimum Gasteiger partial charge on any atom is -0.398 e. The molecule has 4 heteroatoms. The first-order valence-electron chi connectivity index (χ1n) is 5.47. The minimum absolute atomic E-state index is 0.294. The van der Waals surface area contributed by atoms with Crippen LogP contribution in [0.2, 0.25) is 0 Å². The zero-order chi connectivity index (χ0) is 13.3. The van der Waals surface area contributed by atoms with Crippen LogP contribution in [0.15, 0.2) is 44.6 Å². The van der Waals surface area contributed by atoms with Crippen LogP contribution in [0, 0.1) is 19.7 Å². The zero-order valence-corrected chi connectivity index (χ0v) is 12.5. The molecule has 2 aromatic rings. The van der Waals surface area contributed by atoms with Gasteiger partial charge in [-0.3, -0.25) is 0 Å². The van der Waals surface area contributed by atoms with Gasteiger partial charge in [0.1, 0.15) is 5.82 Å². The van der Waals surface area contributed by atoms with Crippen LogP contribution in [0.4, 0.5) is 10.1 Å². The highest BCUT2D eigenvalue weighted by Crippen LogP contribution is 2.36. The van der Waals surface area contributed by atoms with Gasteiger partial charge in [-0.2, -0.15) is 0 Å². The van der Waals surface area contributed by atoms with E-state index in [9.17, 15) is 4.39 Å². The van der Waals surface area contributed by atoms with Crippen LogP contribution in [-0.4, -0.2) is 0 Å². The van der Waals surface area contributed by atoms with E-state index in [-0.39, 0.29) is 5.82 Å². The summed E-state index contributed by atoms with van der Waals surface area (Å²) in [6.07, 6.45) is 0. The van der Waals surface area contributed by atoms with Gasteiger partial charge in [0.15, 0.2) is 0 Å². The molecule has 0 aliphatic rings. The molecule has 0 saturated heterocycles. The molecule has 0 aliphatic heterocycles. The molecule has 0 aliphatic carbocycles. The standard InChI is InChI=1S/C14H13BrFNS/c1-8-3-4-9(2)13(5-8)18-14-7-11(16)10(15)6-12(14)17/h3-7H,17H2,1-2H3. The predicted molar refractivity (Wildman–Crippen MR) is 78.6 cm³/mol. The van der Waals surface area contributed by atoms with Crippen molar-refractivity contribution in [1.29, 1.82) is 0 Å².